The molecule has 0 aromatic carbocycles. The molecule has 0 spiro atoms. The maximum atomic E-state index is 13.1. The number of pyridine rings is 1. The summed E-state index contributed by atoms with van der Waals surface area (Å²) in [4.78, 5) is 27.6. The second-order valence-electron chi connectivity index (χ2n) is 7.68. The van der Waals surface area contributed by atoms with Gasteiger partial charge in [-0.1, -0.05) is 0 Å². The zero-order valence-electron chi connectivity index (χ0n) is 18.0. The Bertz CT molecular complexity index is 899. The fraction of sp³-hybridized carbons (Fsp3) is 0.500. The third kappa shape index (κ3) is 6.78. The van der Waals surface area contributed by atoms with E-state index in [1.54, 1.807) is 19.5 Å². The molecule has 1 saturated carbocycles. The maximum absolute atomic E-state index is 13.1. The lowest BCUT2D eigenvalue weighted by molar-refractivity contribution is -0.120. The molecule has 0 saturated heterocycles. The predicted octanol–water partition coefficient (Wildman–Crippen LogP) is 2.96. The molecule has 1 atom stereocenters. The van der Waals surface area contributed by atoms with Crippen LogP contribution in [0.1, 0.15) is 45.1 Å². The molecule has 1 amide bonds. The fourth-order valence-electron chi connectivity index (χ4n) is 3.53. The molecule has 166 valence electrons. The molecule has 2 aromatic rings. The average molecular weight is 429 g/mol. The Balaban J connectivity index is 1.57. The van der Waals surface area contributed by atoms with Gasteiger partial charge in [0.25, 0.3) is 0 Å². The molecule has 1 N–H and O–H groups in total. The van der Waals surface area contributed by atoms with Crippen LogP contribution in [0, 0.1) is 5.82 Å². The minimum Gasteiger partial charge on any atom is -0.474 e. The van der Waals surface area contributed by atoms with Crippen molar-refractivity contribution in [3.8, 4) is 17.3 Å². The van der Waals surface area contributed by atoms with Crippen LogP contribution in [-0.2, 0) is 9.53 Å². The number of ether oxygens (including phenoxy) is 2. The topological polar surface area (TPSA) is 98.6 Å². The Morgan fingerprint density at radius 2 is 1.90 bits per heavy atom. The van der Waals surface area contributed by atoms with Crippen LogP contribution in [0.25, 0.3) is 11.4 Å². The number of nitrogens with one attached hydrogen (secondary N) is 1. The largest absolute Gasteiger partial charge is 0.474 e. The highest BCUT2D eigenvalue weighted by atomic mass is 19.1. The third-order valence-electron chi connectivity index (χ3n) is 4.96. The number of rotatable bonds is 8. The highest BCUT2D eigenvalue weighted by Crippen LogP contribution is 2.27. The number of aromatic nitrogens is 3. The fourth-order valence-corrected chi connectivity index (χ4v) is 3.53. The van der Waals surface area contributed by atoms with E-state index in [0.29, 0.717) is 23.9 Å². The zero-order chi connectivity index (χ0) is 22.2. The van der Waals surface area contributed by atoms with Gasteiger partial charge in [0, 0.05) is 38.0 Å². The normalized spacial score (nSPS) is 19.9. The molecule has 8 nitrogen and oxygen atoms in total. The van der Waals surface area contributed by atoms with Gasteiger partial charge in [-0.25, -0.2) is 19.3 Å². The number of carbonyl (C=O) groups is 1. The van der Waals surface area contributed by atoms with E-state index in [2.05, 4.69) is 25.3 Å². The Hall–Kier alpha value is -2.94. The number of hydrogen-bond acceptors (Lipinski definition) is 7. The first-order valence-corrected chi connectivity index (χ1v) is 10.4. The van der Waals surface area contributed by atoms with Crippen molar-refractivity contribution >= 4 is 12.1 Å². The van der Waals surface area contributed by atoms with Gasteiger partial charge < -0.3 is 14.8 Å². The second-order valence-corrected chi connectivity index (χ2v) is 7.68. The van der Waals surface area contributed by atoms with Crippen LogP contribution in [0.2, 0.25) is 0 Å². The van der Waals surface area contributed by atoms with Gasteiger partial charge in [-0.15, -0.1) is 0 Å². The summed E-state index contributed by atoms with van der Waals surface area (Å²) in [6.45, 7) is 3.93. The molecule has 1 aliphatic carbocycles. The van der Waals surface area contributed by atoms with Gasteiger partial charge in [-0.2, -0.15) is 0 Å². The second kappa shape index (κ2) is 10.9. The summed E-state index contributed by atoms with van der Waals surface area (Å²) in [6.07, 6.45) is 9.22. The van der Waals surface area contributed by atoms with E-state index in [1.807, 2.05) is 13.0 Å². The van der Waals surface area contributed by atoms with Gasteiger partial charge in [0.15, 0.2) is 11.6 Å². The van der Waals surface area contributed by atoms with Crippen molar-refractivity contribution < 1.29 is 18.7 Å². The van der Waals surface area contributed by atoms with Gasteiger partial charge in [-0.05, 0) is 38.7 Å². The van der Waals surface area contributed by atoms with Crippen LogP contribution >= 0.6 is 0 Å². The van der Waals surface area contributed by atoms with Gasteiger partial charge in [0.2, 0.25) is 11.8 Å². The van der Waals surface area contributed by atoms with E-state index in [-0.39, 0.29) is 24.2 Å². The minimum absolute atomic E-state index is 0.00448. The number of hydrogen-bond donors (Lipinski definition) is 1. The van der Waals surface area contributed by atoms with E-state index < -0.39 is 5.82 Å². The van der Waals surface area contributed by atoms with Crippen LogP contribution in [0.15, 0.2) is 29.6 Å². The van der Waals surface area contributed by atoms with Crippen molar-refractivity contribution in [2.75, 3.05) is 13.7 Å². The molecule has 31 heavy (non-hydrogen) atoms. The summed E-state index contributed by atoms with van der Waals surface area (Å²) in [5.41, 5.74) is 1.38. The molecular formula is C22H28FN5O3. The van der Waals surface area contributed by atoms with Crippen LogP contribution in [0.4, 0.5) is 4.39 Å². The summed E-state index contributed by atoms with van der Waals surface area (Å²) in [5.74, 6) is 0.345. The number of aliphatic imine (C=N–C) groups is 1. The first-order valence-electron chi connectivity index (χ1n) is 10.4. The summed E-state index contributed by atoms with van der Waals surface area (Å²) >= 11 is 0. The standard InChI is InChI=1S/C22H28FN5O3/c1-14(28-15(2)29)13-30-19-4-6-20(7-5-19)31-22-17(9-24-3)8-16(10-27-22)21-25-11-18(23)12-26-21/h8-12,14,19-20H,4-7,13H2,1-3H3,(H,28,29)/t14-,19?,20?/m0/s1. The predicted molar refractivity (Wildman–Crippen MR) is 115 cm³/mol. The molecule has 1 fully saturated rings. The quantitative estimate of drug-likeness (QED) is 0.648. The van der Waals surface area contributed by atoms with Crippen molar-refractivity contribution in [2.24, 2.45) is 4.99 Å². The highest BCUT2D eigenvalue weighted by molar-refractivity contribution is 5.84. The van der Waals surface area contributed by atoms with E-state index >= 15 is 0 Å². The lowest BCUT2D eigenvalue weighted by atomic mass is 9.95. The van der Waals surface area contributed by atoms with Crippen molar-refractivity contribution in [2.45, 2.75) is 57.8 Å². The minimum atomic E-state index is -0.490. The molecular weight excluding hydrogens is 401 g/mol. The van der Waals surface area contributed by atoms with Gasteiger partial charge in [0.1, 0.15) is 6.10 Å². The van der Waals surface area contributed by atoms with Crippen molar-refractivity contribution in [1.29, 1.82) is 0 Å². The van der Waals surface area contributed by atoms with Crippen LogP contribution in [0.3, 0.4) is 0 Å². The molecule has 2 heterocycles. The summed E-state index contributed by atoms with van der Waals surface area (Å²) in [6, 6.07) is 1.83. The zero-order valence-corrected chi connectivity index (χ0v) is 18.0. The first kappa shape index (κ1) is 22.7. The Kier molecular flexibility index (Phi) is 8.00. The molecule has 0 unspecified atom stereocenters. The van der Waals surface area contributed by atoms with Gasteiger partial charge >= 0.3 is 0 Å². The Morgan fingerprint density at radius 3 is 2.55 bits per heavy atom. The molecule has 0 aliphatic heterocycles. The number of nitrogens with zero attached hydrogens (tertiary/aromatic N) is 4. The van der Waals surface area contributed by atoms with Gasteiger partial charge in [-0.3, -0.25) is 9.79 Å². The Morgan fingerprint density at radius 1 is 1.23 bits per heavy atom. The molecule has 0 bridgehead atoms. The lowest BCUT2D eigenvalue weighted by Crippen LogP contribution is -2.37. The molecule has 9 heteroatoms. The van der Waals surface area contributed by atoms with Gasteiger partial charge in [0.05, 0.1) is 30.7 Å². The smallest absolute Gasteiger partial charge is 0.222 e. The monoisotopic (exact) mass is 429 g/mol. The van der Waals surface area contributed by atoms with Crippen LogP contribution < -0.4 is 10.1 Å². The molecule has 1 aliphatic rings. The number of carbonyl (C=O) groups excluding carboxylic acids is 1. The van der Waals surface area contributed by atoms with E-state index in [9.17, 15) is 9.18 Å². The van der Waals surface area contributed by atoms with E-state index in [1.165, 1.54) is 6.92 Å². The van der Waals surface area contributed by atoms with Crippen LogP contribution in [-0.4, -0.2) is 59.0 Å². The summed E-state index contributed by atoms with van der Waals surface area (Å²) in [7, 11) is 1.68. The summed E-state index contributed by atoms with van der Waals surface area (Å²) < 4.78 is 25.2. The van der Waals surface area contributed by atoms with E-state index in [0.717, 1.165) is 43.6 Å². The molecule has 0 radical (unpaired) electrons. The molecule has 3 rings (SSSR count). The van der Waals surface area contributed by atoms with Crippen molar-refractivity contribution in [3.05, 3.63) is 36.0 Å². The SMILES string of the molecule is CN=Cc1cc(-c2ncc(F)cn2)cnc1OC1CCC(OC[C@H](C)NC(C)=O)CC1. The van der Waals surface area contributed by atoms with E-state index in [4.69, 9.17) is 9.47 Å². The molecule has 2 aromatic heterocycles. The number of amides is 1. The van der Waals surface area contributed by atoms with Crippen LogP contribution in [0.5, 0.6) is 5.88 Å². The maximum Gasteiger partial charge on any atom is 0.222 e. The van der Waals surface area contributed by atoms with Crippen molar-refractivity contribution in [1.82, 2.24) is 20.3 Å². The highest BCUT2D eigenvalue weighted by Gasteiger charge is 2.24. The lowest BCUT2D eigenvalue weighted by Gasteiger charge is -2.29. The Labute approximate surface area is 181 Å². The number of halogens is 1. The average Bonchev–Trinajstić information content (AvgIpc) is 2.75. The first-order chi connectivity index (χ1) is 14.9. The third-order valence-corrected chi connectivity index (χ3v) is 4.96. The van der Waals surface area contributed by atoms with Crippen molar-refractivity contribution in [3.63, 3.8) is 0 Å². The summed E-state index contributed by atoms with van der Waals surface area (Å²) in [5, 5.41) is 2.82.